The molecule has 4 aliphatic rings. The first-order valence-corrected chi connectivity index (χ1v) is 11.5. The summed E-state index contributed by atoms with van der Waals surface area (Å²) in [7, 11) is 0. The zero-order chi connectivity index (χ0) is 22.1. The highest BCUT2D eigenvalue weighted by Gasteiger charge is 2.62. The topological polar surface area (TPSA) is 46.2 Å². The number of rotatable bonds is 2. The van der Waals surface area contributed by atoms with Gasteiger partial charge in [-0.2, -0.15) is 13.2 Å². The van der Waals surface area contributed by atoms with E-state index in [1.165, 1.54) is 0 Å². The maximum atomic E-state index is 13.8. The Labute approximate surface area is 177 Å². The van der Waals surface area contributed by atoms with Crippen LogP contribution < -0.4 is 5.32 Å². The van der Waals surface area contributed by atoms with E-state index in [1.54, 1.807) is 0 Å². The van der Waals surface area contributed by atoms with E-state index >= 15 is 0 Å². The molecule has 30 heavy (non-hydrogen) atoms. The second-order valence-corrected chi connectivity index (χ2v) is 10.9. The summed E-state index contributed by atoms with van der Waals surface area (Å²) in [6.45, 7) is 8.17. The smallest absolute Gasteiger partial charge is 0.354 e. The SMILES string of the molecule is CC(C)NC(=O)[C@H]1CC[C@H]2[C@@H]3CCC4=C(C(F)(F)F)C(=O)CC[C@]4(C)[C@H]3CC[C@]12C. The van der Waals surface area contributed by atoms with E-state index < -0.39 is 22.9 Å². The van der Waals surface area contributed by atoms with Crippen LogP contribution in [0.25, 0.3) is 0 Å². The first-order chi connectivity index (χ1) is 13.9. The molecule has 0 aromatic rings. The van der Waals surface area contributed by atoms with Crippen LogP contribution in [0.15, 0.2) is 11.1 Å². The Hall–Kier alpha value is -1.33. The van der Waals surface area contributed by atoms with E-state index in [0.717, 1.165) is 25.7 Å². The molecule has 1 amide bonds. The van der Waals surface area contributed by atoms with Gasteiger partial charge in [0.15, 0.2) is 5.78 Å². The van der Waals surface area contributed by atoms with Gasteiger partial charge < -0.3 is 5.32 Å². The fraction of sp³-hybridized carbons (Fsp3) is 0.833. The second kappa shape index (κ2) is 7.09. The van der Waals surface area contributed by atoms with E-state index in [9.17, 15) is 22.8 Å². The van der Waals surface area contributed by atoms with Crippen LogP contribution in [0.2, 0.25) is 0 Å². The lowest BCUT2D eigenvalue weighted by atomic mass is 9.46. The molecule has 0 unspecified atom stereocenters. The lowest BCUT2D eigenvalue weighted by Crippen LogP contribution is -2.53. The summed E-state index contributed by atoms with van der Waals surface area (Å²) in [5, 5.41) is 3.09. The quantitative estimate of drug-likeness (QED) is 0.627. The van der Waals surface area contributed by atoms with Gasteiger partial charge in [-0.3, -0.25) is 9.59 Å². The fourth-order valence-corrected chi connectivity index (χ4v) is 7.86. The normalized spacial score (nSPS) is 41.4. The number of hydrogen-bond donors (Lipinski definition) is 1. The third-order valence-electron chi connectivity index (χ3n) is 9.16. The summed E-state index contributed by atoms with van der Waals surface area (Å²) in [6, 6.07) is 0.110. The van der Waals surface area contributed by atoms with E-state index in [-0.39, 0.29) is 35.6 Å². The maximum absolute atomic E-state index is 13.8. The number of carbonyl (C=O) groups is 2. The lowest BCUT2D eigenvalue weighted by Gasteiger charge is -2.58. The number of Topliss-reactive ketones (excluding diaryl/α,β-unsaturated/α-hetero) is 1. The molecule has 0 radical (unpaired) electrons. The zero-order valence-corrected chi connectivity index (χ0v) is 18.5. The molecule has 6 atom stereocenters. The molecule has 0 saturated heterocycles. The molecule has 3 saturated carbocycles. The summed E-state index contributed by atoms with van der Waals surface area (Å²) in [6.07, 6.45) is 0.632. The maximum Gasteiger partial charge on any atom is 0.419 e. The predicted octanol–water partition coefficient (Wildman–Crippen LogP) is 5.59. The number of halogens is 3. The predicted molar refractivity (Wildman–Crippen MR) is 108 cm³/mol. The standard InChI is InChI=1S/C24H34F3NO2/c1-13(2)28-21(30)18-8-7-15-14-5-6-17-20(24(25,26)27)19(29)10-12-22(17,3)16(14)9-11-23(15,18)4/h13-16,18H,5-12H2,1-4H3,(H,28,30)/t14-,15-,16-,18+,22+,23-/m0/s1. The van der Waals surface area contributed by atoms with Crippen molar-refractivity contribution in [1.29, 1.82) is 0 Å². The van der Waals surface area contributed by atoms with Crippen LogP contribution >= 0.6 is 0 Å². The molecule has 4 aliphatic carbocycles. The molecular formula is C24H34F3NO2. The van der Waals surface area contributed by atoms with E-state index in [2.05, 4.69) is 12.2 Å². The molecule has 0 spiro atoms. The van der Waals surface area contributed by atoms with Gasteiger partial charge in [-0.25, -0.2) is 0 Å². The fourth-order valence-electron chi connectivity index (χ4n) is 7.86. The Morgan fingerprint density at radius 2 is 1.73 bits per heavy atom. The minimum absolute atomic E-state index is 0.000578. The van der Waals surface area contributed by atoms with Crippen molar-refractivity contribution in [2.24, 2.45) is 34.5 Å². The van der Waals surface area contributed by atoms with Crippen LogP contribution in [0.4, 0.5) is 13.2 Å². The molecule has 168 valence electrons. The van der Waals surface area contributed by atoms with Gasteiger partial charge in [0.1, 0.15) is 0 Å². The average molecular weight is 426 g/mol. The van der Waals surface area contributed by atoms with Crippen molar-refractivity contribution >= 4 is 11.7 Å². The van der Waals surface area contributed by atoms with Gasteiger partial charge in [0.2, 0.25) is 5.91 Å². The first-order valence-electron chi connectivity index (χ1n) is 11.5. The number of hydrogen-bond acceptors (Lipinski definition) is 2. The van der Waals surface area contributed by atoms with Crippen LogP contribution in [-0.4, -0.2) is 23.9 Å². The van der Waals surface area contributed by atoms with Crippen molar-refractivity contribution < 1.29 is 22.8 Å². The summed E-state index contributed by atoms with van der Waals surface area (Å²) >= 11 is 0. The molecule has 0 aromatic carbocycles. The van der Waals surface area contributed by atoms with E-state index in [1.807, 2.05) is 20.8 Å². The summed E-state index contributed by atoms with van der Waals surface area (Å²) in [5.41, 5.74) is -1.08. The zero-order valence-electron chi connectivity index (χ0n) is 18.5. The van der Waals surface area contributed by atoms with Crippen LogP contribution in [0.1, 0.15) is 79.1 Å². The highest BCUT2D eigenvalue weighted by atomic mass is 19.4. The minimum atomic E-state index is -4.56. The first kappa shape index (κ1) is 21.9. The van der Waals surface area contributed by atoms with Crippen LogP contribution in [0.5, 0.6) is 0 Å². The summed E-state index contributed by atoms with van der Waals surface area (Å²) in [5.74, 6) is 0.312. The number of nitrogens with one attached hydrogen (secondary N) is 1. The third kappa shape index (κ3) is 3.15. The average Bonchev–Trinajstić information content (AvgIpc) is 2.98. The number of allylic oxidation sites excluding steroid dienone is 1. The Kier molecular flexibility index (Phi) is 5.18. The summed E-state index contributed by atoms with van der Waals surface area (Å²) in [4.78, 5) is 25.1. The molecular weight excluding hydrogens is 391 g/mol. The molecule has 0 bridgehead atoms. The largest absolute Gasteiger partial charge is 0.419 e. The van der Waals surface area contributed by atoms with Gasteiger partial charge in [-0.05, 0) is 93.0 Å². The van der Waals surface area contributed by atoms with Crippen LogP contribution in [-0.2, 0) is 9.59 Å². The molecule has 0 heterocycles. The van der Waals surface area contributed by atoms with Crippen molar-refractivity contribution in [2.75, 3.05) is 0 Å². The molecule has 6 heteroatoms. The number of amides is 1. The van der Waals surface area contributed by atoms with Crippen LogP contribution in [0, 0.1) is 34.5 Å². The van der Waals surface area contributed by atoms with Crippen molar-refractivity contribution in [2.45, 2.75) is 91.3 Å². The number of carbonyl (C=O) groups excluding carboxylic acids is 2. The van der Waals surface area contributed by atoms with Crippen molar-refractivity contribution in [3.8, 4) is 0 Å². The monoisotopic (exact) mass is 425 g/mol. The molecule has 4 rings (SSSR count). The Bertz CT molecular complexity index is 786. The van der Waals surface area contributed by atoms with Gasteiger partial charge in [0, 0.05) is 18.4 Å². The third-order valence-corrected chi connectivity index (χ3v) is 9.16. The van der Waals surface area contributed by atoms with Crippen LogP contribution in [0.3, 0.4) is 0 Å². The Morgan fingerprint density at radius 3 is 2.37 bits per heavy atom. The number of ketones is 1. The highest BCUT2D eigenvalue weighted by Crippen LogP contribution is 2.67. The second-order valence-electron chi connectivity index (χ2n) is 10.9. The van der Waals surface area contributed by atoms with Gasteiger partial charge in [0.25, 0.3) is 0 Å². The van der Waals surface area contributed by atoms with Gasteiger partial charge in [0.05, 0.1) is 5.57 Å². The minimum Gasteiger partial charge on any atom is -0.354 e. The lowest BCUT2D eigenvalue weighted by molar-refractivity contribution is -0.138. The summed E-state index contributed by atoms with van der Waals surface area (Å²) < 4.78 is 41.3. The number of fused-ring (bicyclic) bond motifs is 5. The Balaban J connectivity index is 1.66. The highest BCUT2D eigenvalue weighted by molar-refractivity contribution is 5.98. The van der Waals surface area contributed by atoms with Crippen molar-refractivity contribution in [3.05, 3.63) is 11.1 Å². The van der Waals surface area contributed by atoms with Gasteiger partial charge >= 0.3 is 6.18 Å². The van der Waals surface area contributed by atoms with Gasteiger partial charge in [-0.15, -0.1) is 0 Å². The van der Waals surface area contributed by atoms with Crippen molar-refractivity contribution in [3.63, 3.8) is 0 Å². The molecule has 3 nitrogen and oxygen atoms in total. The van der Waals surface area contributed by atoms with E-state index in [4.69, 9.17) is 0 Å². The van der Waals surface area contributed by atoms with Gasteiger partial charge in [-0.1, -0.05) is 13.8 Å². The van der Waals surface area contributed by atoms with E-state index in [0.29, 0.717) is 36.7 Å². The number of alkyl halides is 3. The molecule has 3 fully saturated rings. The Morgan fingerprint density at radius 1 is 1.03 bits per heavy atom. The molecule has 1 N–H and O–H groups in total. The molecule has 0 aliphatic heterocycles. The molecule has 0 aromatic heterocycles. The van der Waals surface area contributed by atoms with Crippen molar-refractivity contribution in [1.82, 2.24) is 5.32 Å².